The molecule has 0 fully saturated rings. The van der Waals surface area contributed by atoms with Crippen molar-refractivity contribution < 1.29 is 0 Å². The molecule has 0 radical (unpaired) electrons. The number of pyridine rings is 1. The lowest BCUT2D eigenvalue weighted by molar-refractivity contribution is 0.691. The van der Waals surface area contributed by atoms with E-state index in [2.05, 4.69) is 80.5 Å². The molecule has 26 heavy (non-hydrogen) atoms. The molecule has 0 N–H and O–H groups in total. The molecular weight excluding hydrogens is 314 g/mol. The van der Waals surface area contributed by atoms with Crippen molar-refractivity contribution in [1.82, 2.24) is 4.98 Å². The highest BCUT2D eigenvalue weighted by Crippen LogP contribution is 2.33. The van der Waals surface area contributed by atoms with Gasteiger partial charge in [-0.2, -0.15) is 0 Å². The van der Waals surface area contributed by atoms with Crippen molar-refractivity contribution in [3.63, 3.8) is 0 Å². The molecule has 142 valence electrons. The molecule has 0 spiro atoms. The Balaban J connectivity index is 2.42. The van der Waals surface area contributed by atoms with Gasteiger partial charge in [0.15, 0.2) is 0 Å². The van der Waals surface area contributed by atoms with Crippen molar-refractivity contribution in [3.05, 3.63) is 63.5 Å². The van der Waals surface area contributed by atoms with Crippen LogP contribution in [0.15, 0.2) is 24.4 Å². The third-order valence-corrected chi connectivity index (χ3v) is 5.50. The van der Waals surface area contributed by atoms with Crippen LogP contribution in [0.1, 0.15) is 111 Å². The van der Waals surface area contributed by atoms with Crippen LogP contribution in [0.4, 0.5) is 0 Å². The third kappa shape index (κ3) is 4.37. The standard InChI is InChI=1S/C25H37N/c1-15(2)22-14-21(12-19(8)23(22)16(3)4)13-20(9)25-24(17(5)6)18(7)10-11-26-25/h10-12,14-17,20H,13H2,1-9H3. The molecule has 0 aliphatic carbocycles. The Morgan fingerprint density at radius 1 is 0.769 bits per heavy atom. The first-order valence-corrected chi connectivity index (χ1v) is 10.2. The summed E-state index contributed by atoms with van der Waals surface area (Å²) in [4.78, 5) is 4.78. The van der Waals surface area contributed by atoms with Gasteiger partial charge in [-0.25, -0.2) is 0 Å². The van der Waals surface area contributed by atoms with Crippen molar-refractivity contribution in [2.24, 2.45) is 0 Å². The Labute approximate surface area is 161 Å². The molecule has 2 aromatic rings. The van der Waals surface area contributed by atoms with Gasteiger partial charge in [0.1, 0.15) is 0 Å². The van der Waals surface area contributed by atoms with E-state index in [1.54, 1.807) is 0 Å². The Hall–Kier alpha value is -1.63. The lowest BCUT2D eigenvalue weighted by atomic mass is 9.83. The van der Waals surface area contributed by atoms with Gasteiger partial charge in [0.2, 0.25) is 0 Å². The first-order valence-electron chi connectivity index (χ1n) is 10.2. The molecular formula is C25H37N. The molecule has 1 heterocycles. The molecule has 1 aromatic heterocycles. The summed E-state index contributed by atoms with van der Waals surface area (Å²) in [6, 6.07) is 7.00. The molecule has 1 heteroatoms. The Kier molecular flexibility index (Phi) is 6.66. The number of rotatable bonds is 6. The summed E-state index contributed by atoms with van der Waals surface area (Å²) in [6.45, 7) is 20.6. The number of aryl methyl sites for hydroxylation is 2. The molecule has 0 amide bonds. The SMILES string of the molecule is Cc1cc(CC(C)c2nccc(C)c2C(C)C)cc(C(C)C)c1C(C)C. The van der Waals surface area contributed by atoms with Crippen molar-refractivity contribution >= 4 is 0 Å². The maximum Gasteiger partial charge on any atom is 0.0472 e. The zero-order chi connectivity index (χ0) is 19.6. The second kappa shape index (κ2) is 8.37. The van der Waals surface area contributed by atoms with Crippen molar-refractivity contribution in [2.75, 3.05) is 0 Å². The third-order valence-electron chi connectivity index (χ3n) is 5.50. The molecule has 2 rings (SSSR count). The maximum absolute atomic E-state index is 4.78. The fourth-order valence-corrected chi connectivity index (χ4v) is 4.47. The topological polar surface area (TPSA) is 12.9 Å². The van der Waals surface area contributed by atoms with Crippen LogP contribution in [0.2, 0.25) is 0 Å². The highest BCUT2D eigenvalue weighted by Gasteiger charge is 2.19. The zero-order valence-corrected chi connectivity index (χ0v) is 18.3. The largest absolute Gasteiger partial charge is 0.261 e. The van der Waals surface area contributed by atoms with Crippen molar-refractivity contribution in [3.8, 4) is 0 Å². The summed E-state index contributed by atoms with van der Waals surface area (Å²) in [5.41, 5.74) is 10.0. The van der Waals surface area contributed by atoms with Gasteiger partial charge >= 0.3 is 0 Å². The Bertz CT molecular complexity index is 753. The van der Waals surface area contributed by atoms with E-state index in [-0.39, 0.29) is 0 Å². The van der Waals surface area contributed by atoms with Gasteiger partial charge in [0.25, 0.3) is 0 Å². The van der Waals surface area contributed by atoms with Crippen LogP contribution in [0.5, 0.6) is 0 Å². The predicted octanol–water partition coefficient (Wildman–Crippen LogP) is 7.41. The lowest BCUT2D eigenvalue weighted by Gasteiger charge is -2.23. The molecule has 0 saturated carbocycles. The van der Waals surface area contributed by atoms with Crippen LogP contribution in [0, 0.1) is 13.8 Å². The number of benzene rings is 1. The van der Waals surface area contributed by atoms with E-state index >= 15 is 0 Å². The Morgan fingerprint density at radius 2 is 1.38 bits per heavy atom. The average Bonchev–Trinajstić information content (AvgIpc) is 2.52. The molecule has 0 saturated heterocycles. The first-order chi connectivity index (χ1) is 12.1. The van der Waals surface area contributed by atoms with Gasteiger partial charge in [-0.3, -0.25) is 4.98 Å². The van der Waals surface area contributed by atoms with Gasteiger partial charge in [0, 0.05) is 17.8 Å². The molecule has 1 aromatic carbocycles. The maximum atomic E-state index is 4.78. The summed E-state index contributed by atoms with van der Waals surface area (Å²) in [6.07, 6.45) is 3.02. The van der Waals surface area contributed by atoms with Crippen molar-refractivity contribution in [2.45, 2.75) is 92.4 Å². The van der Waals surface area contributed by atoms with E-state index in [4.69, 9.17) is 4.98 Å². The highest BCUT2D eigenvalue weighted by molar-refractivity contribution is 5.43. The van der Waals surface area contributed by atoms with E-state index in [1.165, 1.54) is 39.1 Å². The minimum Gasteiger partial charge on any atom is -0.261 e. The van der Waals surface area contributed by atoms with Gasteiger partial charge in [-0.15, -0.1) is 0 Å². The second-order valence-corrected chi connectivity index (χ2v) is 8.91. The summed E-state index contributed by atoms with van der Waals surface area (Å²) >= 11 is 0. The van der Waals surface area contributed by atoms with Gasteiger partial charge < -0.3 is 0 Å². The highest BCUT2D eigenvalue weighted by atomic mass is 14.7. The first kappa shape index (κ1) is 20.7. The van der Waals surface area contributed by atoms with Gasteiger partial charge in [-0.1, -0.05) is 60.6 Å². The van der Waals surface area contributed by atoms with E-state index in [9.17, 15) is 0 Å². The number of nitrogens with zero attached hydrogens (tertiary/aromatic N) is 1. The van der Waals surface area contributed by atoms with E-state index in [0.717, 1.165) is 6.42 Å². The zero-order valence-electron chi connectivity index (χ0n) is 18.3. The van der Waals surface area contributed by atoms with Crippen LogP contribution >= 0.6 is 0 Å². The predicted molar refractivity (Wildman–Crippen MR) is 115 cm³/mol. The average molecular weight is 352 g/mol. The van der Waals surface area contributed by atoms with E-state index < -0.39 is 0 Å². The molecule has 1 nitrogen and oxygen atoms in total. The number of hydrogen-bond donors (Lipinski definition) is 0. The lowest BCUT2D eigenvalue weighted by Crippen LogP contribution is -2.10. The monoisotopic (exact) mass is 351 g/mol. The smallest absolute Gasteiger partial charge is 0.0472 e. The normalized spacial score (nSPS) is 13.1. The second-order valence-electron chi connectivity index (χ2n) is 8.91. The summed E-state index contributed by atoms with van der Waals surface area (Å²) in [5, 5.41) is 0. The van der Waals surface area contributed by atoms with E-state index in [1.807, 2.05) is 6.20 Å². The van der Waals surface area contributed by atoms with Crippen LogP contribution < -0.4 is 0 Å². The van der Waals surface area contributed by atoms with Crippen LogP contribution in [-0.4, -0.2) is 4.98 Å². The van der Waals surface area contributed by atoms with Crippen LogP contribution in [-0.2, 0) is 6.42 Å². The molecule has 1 atom stereocenters. The summed E-state index contributed by atoms with van der Waals surface area (Å²) in [7, 11) is 0. The van der Waals surface area contributed by atoms with E-state index in [0.29, 0.717) is 23.7 Å². The minimum absolute atomic E-state index is 0.427. The number of hydrogen-bond acceptors (Lipinski definition) is 1. The van der Waals surface area contributed by atoms with Gasteiger partial charge in [-0.05, 0) is 77.5 Å². The molecule has 0 aliphatic rings. The Morgan fingerprint density at radius 3 is 1.92 bits per heavy atom. The molecule has 0 aliphatic heterocycles. The van der Waals surface area contributed by atoms with Crippen molar-refractivity contribution in [1.29, 1.82) is 0 Å². The summed E-state index contributed by atoms with van der Waals surface area (Å²) in [5.74, 6) is 2.07. The molecule has 0 bridgehead atoms. The van der Waals surface area contributed by atoms with Crippen LogP contribution in [0.25, 0.3) is 0 Å². The molecule has 1 unspecified atom stereocenters. The quantitative estimate of drug-likeness (QED) is 0.528. The van der Waals surface area contributed by atoms with Gasteiger partial charge in [0.05, 0.1) is 0 Å². The fourth-order valence-electron chi connectivity index (χ4n) is 4.47. The minimum atomic E-state index is 0.427. The fraction of sp³-hybridized carbons (Fsp3) is 0.560. The van der Waals surface area contributed by atoms with Crippen LogP contribution in [0.3, 0.4) is 0 Å². The number of aromatic nitrogens is 1. The summed E-state index contributed by atoms with van der Waals surface area (Å²) < 4.78 is 0.